The fraction of sp³-hybridized carbons (Fsp3) is 0.900. The maximum atomic E-state index is 11.6. The van der Waals surface area contributed by atoms with Crippen LogP contribution in [0.25, 0.3) is 0 Å². The molecule has 0 aromatic heterocycles. The smallest absolute Gasteiger partial charge is 0.251 e. The molecule has 1 atom stereocenters. The predicted octanol–water partition coefficient (Wildman–Crippen LogP) is -0.710. The molecular weight excluding hydrogens is 198 g/mol. The number of hydrogen-bond donors (Lipinski definition) is 2. The van der Waals surface area contributed by atoms with Crippen molar-refractivity contribution in [1.82, 2.24) is 5.32 Å². The van der Waals surface area contributed by atoms with Gasteiger partial charge in [-0.05, 0) is 12.8 Å². The molecule has 0 aromatic carbocycles. The van der Waals surface area contributed by atoms with Gasteiger partial charge in [0.25, 0.3) is 5.91 Å². The van der Waals surface area contributed by atoms with E-state index in [4.69, 9.17) is 14.6 Å². The number of aliphatic hydroxyl groups excluding tert-OH is 1. The van der Waals surface area contributed by atoms with Crippen molar-refractivity contribution >= 4 is 5.91 Å². The predicted molar refractivity (Wildman–Crippen MR) is 52.3 cm³/mol. The van der Waals surface area contributed by atoms with Gasteiger partial charge >= 0.3 is 0 Å². The molecule has 1 saturated carbocycles. The van der Waals surface area contributed by atoms with E-state index in [0.29, 0.717) is 26.4 Å². The lowest BCUT2D eigenvalue weighted by atomic mass is 10.1. The van der Waals surface area contributed by atoms with Crippen molar-refractivity contribution in [3.63, 3.8) is 0 Å². The molecule has 5 nitrogen and oxygen atoms in total. The highest BCUT2D eigenvalue weighted by atomic mass is 16.6. The number of ether oxygens (including phenoxy) is 2. The van der Waals surface area contributed by atoms with Gasteiger partial charge in [-0.3, -0.25) is 4.79 Å². The maximum absolute atomic E-state index is 11.6. The summed E-state index contributed by atoms with van der Waals surface area (Å²) in [6.45, 7) is 2.06. The first kappa shape index (κ1) is 10.9. The Kier molecular flexibility index (Phi) is 3.23. The van der Waals surface area contributed by atoms with Gasteiger partial charge in [0, 0.05) is 12.0 Å². The third kappa shape index (κ3) is 2.68. The zero-order valence-electron chi connectivity index (χ0n) is 8.70. The Morgan fingerprint density at radius 1 is 1.47 bits per heavy atom. The van der Waals surface area contributed by atoms with Crippen molar-refractivity contribution in [3.8, 4) is 0 Å². The zero-order valence-corrected chi connectivity index (χ0v) is 8.70. The van der Waals surface area contributed by atoms with Crippen LogP contribution >= 0.6 is 0 Å². The molecule has 2 fully saturated rings. The lowest BCUT2D eigenvalue weighted by Gasteiger charge is -2.23. The normalized spacial score (nSPS) is 28.5. The molecule has 0 spiro atoms. The Morgan fingerprint density at radius 3 is 2.80 bits per heavy atom. The molecule has 0 radical (unpaired) electrons. The van der Waals surface area contributed by atoms with Crippen molar-refractivity contribution in [3.05, 3.63) is 0 Å². The van der Waals surface area contributed by atoms with Gasteiger partial charge in [-0.1, -0.05) is 0 Å². The molecule has 15 heavy (non-hydrogen) atoms. The van der Waals surface area contributed by atoms with Gasteiger partial charge in [0.2, 0.25) is 0 Å². The van der Waals surface area contributed by atoms with Gasteiger partial charge in [0.1, 0.15) is 0 Å². The summed E-state index contributed by atoms with van der Waals surface area (Å²) in [5.41, 5.74) is -0.0504. The fourth-order valence-corrected chi connectivity index (χ4v) is 1.60. The molecule has 2 N–H and O–H groups in total. The summed E-state index contributed by atoms with van der Waals surface area (Å²) in [7, 11) is 0. The lowest BCUT2D eigenvalue weighted by Crippen LogP contribution is -2.44. The monoisotopic (exact) mass is 215 g/mol. The first-order chi connectivity index (χ1) is 7.26. The van der Waals surface area contributed by atoms with E-state index in [1.807, 2.05) is 0 Å². The quantitative estimate of drug-likeness (QED) is 0.650. The van der Waals surface area contributed by atoms with Crippen LogP contribution in [0.15, 0.2) is 0 Å². The summed E-state index contributed by atoms with van der Waals surface area (Å²) in [6.07, 6.45) is 1.51. The van der Waals surface area contributed by atoms with Gasteiger partial charge < -0.3 is 19.9 Å². The third-order valence-electron chi connectivity index (χ3n) is 3.04. The number of rotatable bonds is 4. The molecule has 1 saturated heterocycles. The van der Waals surface area contributed by atoms with E-state index in [9.17, 15) is 4.79 Å². The van der Waals surface area contributed by atoms with Crippen LogP contribution in [0.5, 0.6) is 0 Å². The highest BCUT2D eigenvalue weighted by molar-refractivity contribution is 5.81. The summed E-state index contributed by atoms with van der Waals surface area (Å²) < 4.78 is 10.4. The molecule has 2 rings (SSSR count). The standard InChI is InChI=1S/C10H17NO4/c12-7-10(1-2-10)6-11-9(13)8-5-14-3-4-15-8/h8,12H,1-7H2,(H,11,13). The van der Waals surface area contributed by atoms with E-state index in [-0.39, 0.29) is 17.9 Å². The minimum absolute atomic E-state index is 0.0504. The van der Waals surface area contributed by atoms with E-state index in [2.05, 4.69) is 5.32 Å². The van der Waals surface area contributed by atoms with E-state index >= 15 is 0 Å². The Bertz CT molecular complexity index is 234. The van der Waals surface area contributed by atoms with Gasteiger partial charge in [-0.25, -0.2) is 0 Å². The maximum Gasteiger partial charge on any atom is 0.251 e. The zero-order chi connectivity index (χ0) is 10.7. The highest BCUT2D eigenvalue weighted by Gasteiger charge is 2.42. The molecule has 86 valence electrons. The Hall–Kier alpha value is -0.650. The van der Waals surface area contributed by atoms with Crippen LogP contribution in [0, 0.1) is 5.41 Å². The fourth-order valence-electron chi connectivity index (χ4n) is 1.60. The van der Waals surface area contributed by atoms with Crippen LogP contribution in [-0.2, 0) is 14.3 Å². The molecule has 2 aliphatic rings. The minimum Gasteiger partial charge on any atom is -0.396 e. The highest BCUT2D eigenvalue weighted by Crippen LogP contribution is 2.44. The summed E-state index contributed by atoms with van der Waals surface area (Å²) in [5.74, 6) is -0.130. The second kappa shape index (κ2) is 4.47. The van der Waals surface area contributed by atoms with Gasteiger partial charge in [0.15, 0.2) is 6.10 Å². The number of aliphatic hydroxyl groups is 1. The molecule has 5 heteroatoms. The second-order valence-electron chi connectivity index (χ2n) is 4.31. The SMILES string of the molecule is O=C(NCC1(CO)CC1)C1COCCO1. The molecule has 0 aromatic rings. The van der Waals surface area contributed by atoms with Gasteiger partial charge in [0.05, 0.1) is 26.4 Å². The minimum atomic E-state index is -0.478. The average molecular weight is 215 g/mol. The molecule has 1 amide bonds. The number of carbonyl (C=O) groups excluding carboxylic acids is 1. The van der Waals surface area contributed by atoms with Crippen LogP contribution in [0.3, 0.4) is 0 Å². The topological polar surface area (TPSA) is 67.8 Å². The van der Waals surface area contributed by atoms with Crippen LogP contribution < -0.4 is 5.32 Å². The van der Waals surface area contributed by atoms with Crippen LogP contribution in [0.1, 0.15) is 12.8 Å². The van der Waals surface area contributed by atoms with E-state index in [1.54, 1.807) is 0 Å². The molecule has 1 aliphatic carbocycles. The molecule has 1 unspecified atom stereocenters. The van der Waals surface area contributed by atoms with E-state index in [1.165, 1.54) is 0 Å². The summed E-state index contributed by atoms with van der Waals surface area (Å²) >= 11 is 0. The third-order valence-corrected chi connectivity index (χ3v) is 3.04. The summed E-state index contributed by atoms with van der Waals surface area (Å²) in [5, 5.41) is 11.9. The van der Waals surface area contributed by atoms with Crippen LogP contribution in [-0.4, -0.2) is 50.1 Å². The lowest BCUT2D eigenvalue weighted by molar-refractivity contribution is -0.147. The van der Waals surface area contributed by atoms with Gasteiger partial charge in [-0.2, -0.15) is 0 Å². The van der Waals surface area contributed by atoms with Crippen molar-refractivity contribution in [2.45, 2.75) is 18.9 Å². The van der Waals surface area contributed by atoms with Crippen molar-refractivity contribution in [1.29, 1.82) is 0 Å². The largest absolute Gasteiger partial charge is 0.396 e. The van der Waals surface area contributed by atoms with E-state index in [0.717, 1.165) is 12.8 Å². The van der Waals surface area contributed by atoms with Gasteiger partial charge in [-0.15, -0.1) is 0 Å². The number of hydrogen-bond acceptors (Lipinski definition) is 4. The van der Waals surface area contributed by atoms with E-state index < -0.39 is 6.10 Å². The first-order valence-corrected chi connectivity index (χ1v) is 5.34. The number of amides is 1. The Labute approximate surface area is 88.7 Å². The average Bonchev–Trinajstić information content (AvgIpc) is 3.08. The van der Waals surface area contributed by atoms with Crippen LogP contribution in [0.4, 0.5) is 0 Å². The summed E-state index contributed by atoms with van der Waals surface area (Å²) in [6, 6.07) is 0. The molecule has 1 aliphatic heterocycles. The summed E-state index contributed by atoms with van der Waals surface area (Å²) in [4.78, 5) is 11.6. The second-order valence-corrected chi connectivity index (χ2v) is 4.31. The number of nitrogens with one attached hydrogen (secondary N) is 1. The molecule has 0 bridgehead atoms. The van der Waals surface area contributed by atoms with Crippen molar-refractivity contribution < 1.29 is 19.4 Å². The van der Waals surface area contributed by atoms with Crippen LogP contribution in [0.2, 0.25) is 0 Å². The van der Waals surface area contributed by atoms with Crippen molar-refractivity contribution in [2.24, 2.45) is 5.41 Å². The Balaban J connectivity index is 1.72. The molecule has 1 heterocycles. The van der Waals surface area contributed by atoms with Crippen molar-refractivity contribution in [2.75, 3.05) is 33.0 Å². The number of carbonyl (C=O) groups is 1. The molecular formula is C10H17NO4. The first-order valence-electron chi connectivity index (χ1n) is 5.34. The Morgan fingerprint density at radius 2 is 2.27 bits per heavy atom.